The minimum Gasteiger partial charge on any atom is -0.323 e. The third-order valence-corrected chi connectivity index (χ3v) is 7.43. The summed E-state index contributed by atoms with van der Waals surface area (Å²) >= 11 is 6.54. The number of hydrogen-bond donors (Lipinski definition) is 1. The van der Waals surface area contributed by atoms with Gasteiger partial charge >= 0.3 is 0 Å². The summed E-state index contributed by atoms with van der Waals surface area (Å²) in [5.74, 6) is 0. The van der Waals surface area contributed by atoms with Gasteiger partial charge in [0.25, 0.3) is 0 Å². The summed E-state index contributed by atoms with van der Waals surface area (Å²) in [4.78, 5) is 0. The maximum Gasteiger partial charge on any atom is 0.0336 e. The van der Waals surface area contributed by atoms with Crippen LogP contribution >= 0.6 is 11.6 Å². The summed E-state index contributed by atoms with van der Waals surface area (Å²) in [7, 11) is 3.75. The SMILES string of the molecule is CCCCCCCCCCCCCCCCCCC(Cl)CCCCCCCCCCC.CNC. The van der Waals surface area contributed by atoms with Crippen LogP contribution in [0.1, 0.15) is 187 Å². The van der Waals surface area contributed by atoms with Gasteiger partial charge in [-0.05, 0) is 26.9 Å². The standard InChI is InChI=1S/C30H61Cl.C2H7N/c1-3-5-7-9-11-13-14-15-16-17-18-19-21-23-25-27-29-30(31)28-26-24-22-20-12-10-8-6-4-2;1-3-2/h30H,3-29H2,1-2H3;3H,1-2H3. The smallest absolute Gasteiger partial charge is 0.0336 e. The van der Waals surface area contributed by atoms with E-state index in [4.69, 9.17) is 11.6 Å². The van der Waals surface area contributed by atoms with E-state index in [-0.39, 0.29) is 0 Å². The van der Waals surface area contributed by atoms with Gasteiger partial charge in [-0.3, -0.25) is 0 Å². The molecular weight excluding hydrogens is 434 g/mol. The molecule has 2 heteroatoms. The summed E-state index contributed by atoms with van der Waals surface area (Å²) in [5.41, 5.74) is 0. The molecule has 1 nitrogen and oxygen atoms in total. The highest BCUT2D eigenvalue weighted by Gasteiger charge is 2.04. The van der Waals surface area contributed by atoms with Gasteiger partial charge in [0.2, 0.25) is 0 Å². The molecule has 0 saturated heterocycles. The zero-order valence-corrected chi connectivity index (χ0v) is 25.3. The molecular formula is C32H68ClN. The van der Waals surface area contributed by atoms with E-state index in [0.717, 1.165) is 0 Å². The normalized spacial score (nSPS) is 11.9. The van der Waals surface area contributed by atoms with Crippen molar-refractivity contribution in [2.45, 2.75) is 193 Å². The number of halogens is 1. The molecule has 0 radical (unpaired) electrons. The van der Waals surface area contributed by atoms with E-state index in [1.54, 1.807) is 0 Å². The monoisotopic (exact) mass is 502 g/mol. The average molecular weight is 502 g/mol. The number of hydrogen-bond acceptors (Lipinski definition) is 1. The number of nitrogens with one attached hydrogen (secondary N) is 1. The van der Waals surface area contributed by atoms with Crippen LogP contribution in [0.3, 0.4) is 0 Å². The number of unbranched alkanes of at least 4 members (excludes halogenated alkanes) is 23. The molecule has 0 fully saturated rings. The second-order valence-corrected chi connectivity index (χ2v) is 11.4. The van der Waals surface area contributed by atoms with Crippen LogP contribution in [-0.4, -0.2) is 19.5 Å². The fourth-order valence-corrected chi connectivity index (χ4v) is 5.04. The van der Waals surface area contributed by atoms with E-state index in [2.05, 4.69) is 19.2 Å². The van der Waals surface area contributed by atoms with Crippen molar-refractivity contribution in [1.29, 1.82) is 0 Å². The van der Waals surface area contributed by atoms with E-state index < -0.39 is 0 Å². The van der Waals surface area contributed by atoms with Crippen LogP contribution in [0.15, 0.2) is 0 Å². The van der Waals surface area contributed by atoms with Crippen molar-refractivity contribution >= 4 is 11.6 Å². The molecule has 34 heavy (non-hydrogen) atoms. The van der Waals surface area contributed by atoms with Crippen molar-refractivity contribution in [3.8, 4) is 0 Å². The first kappa shape index (κ1) is 36.4. The Morgan fingerprint density at radius 2 is 0.559 bits per heavy atom. The van der Waals surface area contributed by atoms with Gasteiger partial charge in [-0.2, -0.15) is 0 Å². The zero-order valence-electron chi connectivity index (χ0n) is 24.5. The Kier molecular flexibility index (Phi) is 37.9. The van der Waals surface area contributed by atoms with Crippen LogP contribution in [0, 0.1) is 0 Å². The van der Waals surface area contributed by atoms with Gasteiger partial charge in [0.05, 0.1) is 0 Å². The van der Waals surface area contributed by atoms with Crippen LogP contribution in [-0.2, 0) is 0 Å². The Morgan fingerprint density at radius 3 is 0.765 bits per heavy atom. The number of rotatable bonds is 27. The molecule has 0 aliphatic carbocycles. The molecule has 0 spiro atoms. The molecule has 1 atom stereocenters. The molecule has 0 aromatic carbocycles. The van der Waals surface area contributed by atoms with Gasteiger partial charge in [0.1, 0.15) is 0 Å². The maximum absolute atomic E-state index is 6.54. The summed E-state index contributed by atoms with van der Waals surface area (Å²) in [6.07, 6.45) is 38.4. The van der Waals surface area contributed by atoms with Crippen LogP contribution in [0.25, 0.3) is 0 Å². The van der Waals surface area contributed by atoms with Gasteiger partial charge in [-0.25, -0.2) is 0 Å². The van der Waals surface area contributed by atoms with E-state index in [1.807, 2.05) is 14.1 Å². The topological polar surface area (TPSA) is 12.0 Å². The molecule has 1 N–H and O–H groups in total. The lowest BCUT2D eigenvalue weighted by Gasteiger charge is -2.09. The molecule has 0 aromatic rings. The quantitative estimate of drug-likeness (QED) is 0.0870. The highest BCUT2D eigenvalue weighted by atomic mass is 35.5. The Bertz CT molecular complexity index is 320. The Labute approximate surface area is 223 Å². The number of alkyl halides is 1. The molecule has 0 amide bonds. The second-order valence-electron chi connectivity index (χ2n) is 10.8. The fraction of sp³-hybridized carbons (Fsp3) is 1.00. The Morgan fingerprint density at radius 1 is 0.382 bits per heavy atom. The molecule has 0 aromatic heterocycles. The molecule has 208 valence electrons. The minimum absolute atomic E-state index is 0.441. The third-order valence-electron chi connectivity index (χ3n) is 6.99. The first-order chi connectivity index (χ1) is 16.7. The predicted octanol–water partition coefficient (Wildman–Crippen LogP) is 12.0. The van der Waals surface area contributed by atoms with Crippen molar-refractivity contribution < 1.29 is 0 Å². The average Bonchev–Trinajstić information content (AvgIpc) is 2.83. The van der Waals surface area contributed by atoms with E-state index in [9.17, 15) is 0 Å². The fourth-order valence-electron chi connectivity index (χ4n) is 4.73. The Balaban J connectivity index is 0. The second kappa shape index (κ2) is 35.4. The predicted molar refractivity (Wildman–Crippen MR) is 161 cm³/mol. The molecule has 0 rings (SSSR count). The lowest BCUT2D eigenvalue weighted by atomic mass is 10.0. The van der Waals surface area contributed by atoms with Gasteiger partial charge in [0, 0.05) is 5.38 Å². The highest BCUT2D eigenvalue weighted by Crippen LogP contribution is 2.19. The summed E-state index contributed by atoms with van der Waals surface area (Å²) in [6, 6.07) is 0. The van der Waals surface area contributed by atoms with Gasteiger partial charge < -0.3 is 5.32 Å². The zero-order chi connectivity index (χ0) is 25.4. The minimum atomic E-state index is 0.441. The Hall–Kier alpha value is 0.250. The van der Waals surface area contributed by atoms with Gasteiger partial charge in [-0.1, -0.05) is 174 Å². The van der Waals surface area contributed by atoms with E-state index >= 15 is 0 Å². The van der Waals surface area contributed by atoms with Crippen molar-refractivity contribution in [2.75, 3.05) is 14.1 Å². The molecule has 1 unspecified atom stereocenters. The van der Waals surface area contributed by atoms with Gasteiger partial charge in [-0.15, -0.1) is 11.6 Å². The van der Waals surface area contributed by atoms with Crippen molar-refractivity contribution in [2.24, 2.45) is 0 Å². The third kappa shape index (κ3) is 36.8. The first-order valence-corrected chi connectivity index (χ1v) is 16.4. The van der Waals surface area contributed by atoms with Crippen LogP contribution in [0.2, 0.25) is 0 Å². The first-order valence-electron chi connectivity index (χ1n) is 15.9. The molecule has 0 bridgehead atoms. The van der Waals surface area contributed by atoms with Crippen molar-refractivity contribution in [3.63, 3.8) is 0 Å². The molecule has 0 heterocycles. The molecule has 0 saturated carbocycles. The summed E-state index contributed by atoms with van der Waals surface area (Å²) < 4.78 is 0. The van der Waals surface area contributed by atoms with Crippen molar-refractivity contribution in [3.05, 3.63) is 0 Å². The molecule has 0 aliphatic heterocycles. The maximum atomic E-state index is 6.54. The van der Waals surface area contributed by atoms with E-state index in [0.29, 0.717) is 5.38 Å². The van der Waals surface area contributed by atoms with Crippen LogP contribution < -0.4 is 5.32 Å². The summed E-state index contributed by atoms with van der Waals surface area (Å²) in [6.45, 7) is 4.59. The molecule has 0 aliphatic rings. The van der Waals surface area contributed by atoms with Gasteiger partial charge in [0.15, 0.2) is 0 Å². The summed E-state index contributed by atoms with van der Waals surface area (Å²) in [5, 5.41) is 3.19. The lowest BCUT2D eigenvalue weighted by Crippen LogP contribution is -1.98. The highest BCUT2D eigenvalue weighted by molar-refractivity contribution is 6.20. The van der Waals surface area contributed by atoms with E-state index in [1.165, 1.54) is 173 Å². The van der Waals surface area contributed by atoms with Crippen LogP contribution in [0.4, 0.5) is 0 Å². The lowest BCUT2D eigenvalue weighted by molar-refractivity contribution is 0.516. The largest absolute Gasteiger partial charge is 0.323 e. The van der Waals surface area contributed by atoms with Crippen LogP contribution in [0.5, 0.6) is 0 Å². The van der Waals surface area contributed by atoms with Crippen molar-refractivity contribution in [1.82, 2.24) is 5.32 Å².